The van der Waals surface area contributed by atoms with Crippen molar-refractivity contribution in [2.75, 3.05) is 12.3 Å². The van der Waals surface area contributed by atoms with E-state index >= 15 is 0 Å². The Kier molecular flexibility index (Phi) is 5.26. The molecule has 21 heavy (non-hydrogen) atoms. The van der Waals surface area contributed by atoms with Gasteiger partial charge in [-0.05, 0) is 37.9 Å². The number of benzene rings is 1. The zero-order valence-corrected chi connectivity index (χ0v) is 13.6. The highest BCUT2D eigenvalue weighted by atomic mass is 32.2. The van der Waals surface area contributed by atoms with Crippen LogP contribution in [0.25, 0.3) is 11.0 Å². The summed E-state index contributed by atoms with van der Waals surface area (Å²) in [6.45, 7) is 3.26. The highest BCUT2D eigenvalue weighted by Crippen LogP contribution is 2.33. The predicted molar refractivity (Wildman–Crippen MR) is 92.0 cm³/mol. The topological polar surface area (TPSA) is 25.2 Å². The number of nitrogens with one attached hydrogen (secondary N) is 1. The third-order valence-electron chi connectivity index (χ3n) is 4.23. The normalized spacial score (nSPS) is 17.6. The number of rotatable bonds is 7. The van der Waals surface area contributed by atoms with E-state index in [-0.39, 0.29) is 0 Å². The minimum absolute atomic E-state index is 0.336. The average molecular weight is 303 g/mol. The van der Waals surface area contributed by atoms with Crippen molar-refractivity contribution in [2.24, 2.45) is 0 Å². The summed E-state index contributed by atoms with van der Waals surface area (Å²) in [6, 6.07) is 10.8. The molecule has 0 amide bonds. The summed E-state index contributed by atoms with van der Waals surface area (Å²) in [5.41, 5.74) is 1.00. The van der Waals surface area contributed by atoms with Gasteiger partial charge in [0.05, 0.1) is 6.04 Å². The van der Waals surface area contributed by atoms with Crippen LogP contribution in [0.1, 0.15) is 50.8 Å². The Balaban J connectivity index is 1.70. The van der Waals surface area contributed by atoms with Gasteiger partial charge in [0.25, 0.3) is 0 Å². The second kappa shape index (κ2) is 7.37. The van der Waals surface area contributed by atoms with Gasteiger partial charge in [0.1, 0.15) is 11.3 Å². The van der Waals surface area contributed by atoms with Gasteiger partial charge < -0.3 is 9.73 Å². The fourth-order valence-corrected chi connectivity index (χ4v) is 4.44. The Hall–Kier alpha value is -0.930. The van der Waals surface area contributed by atoms with Crippen LogP contribution in [0.4, 0.5) is 0 Å². The van der Waals surface area contributed by atoms with Gasteiger partial charge in [0.2, 0.25) is 0 Å². The van der Waals surface area contributed by atoms with E-state index in [1.54, 1.807) is 0 Å². The van der Waals surface area contributed by atoms with Crippen LogP contribution < -0.4 is 5.32 Å². The van der Waals surface area contributed by atoms with Crippen LogP contribution >= 0.6 is 11.8 Å². The molecule has 1 saturated carbocycles. The van der Waals surface area contributed by atoms with E-state index in [0.717, 1.165) is 35.3 Å². The van der Waals surface area contributed by atoms with Crippen molar-refractivity contribution >= 4 is 22.7 Å². The molecule has 0 radical (unpaired) electrons. The van der Waals surface area contributed by atoms with E-state index in [1.165, 1.54) is 31.1 Å². The average Bonchev–Trinajstić information content (AvgIpc) is 3.16. The van der Waals surface area contributed by atoms with Gasteiger partial charge in [-0.15, -0.1) is 0 Å². The second-order valence-corrected chi connectivity index (χ2v) is 7.27. The summed E-state index contributed by atoms with van der Waals surface area (Å²) in [6.07, 6.45) is 6.77. The lowest BCUT2D eigenvalue weighted by molar-refractivity contribution is 0.456. The molecule has 1 atom stereocenters. The molecule has 1 N–H and O–H groups in total. The number of fused-ring (bicyclic) bond motifs is 1. The van der Waals surface area contributed by atoms with E-state index in [2.05, 4.69) is 48.3 Å². The maximum absolute atomic E-state index is 6.07. The van der Waals surface area contributed by atoms with Crippen molar-refractivity contribution in [1.82, 2.24) is 5.32 Å². The van der Waals surface area contributed by atoms with Crippen LogP contribution in [-0.2, 0) is 0 Å². The number of thioether (sulfide) groups is 1. The zero-order chi connectivity index (χ0) is 14.5. The lowest BCUT2D eigenvalue weighted by atomic mass is 10.2. The lowest BCUT2D eigenvalue weighted by Gasteiger charge is -2.18. The molecular weight excluding hydrogens is 278 g/mol. The van der Waals surface area contributed by atoms with Gasteiger partial charge in [-0.3, -0.25) is 0 Å². The zero-order valence-electron chi connectivity index (χ0n) is 12.8. The van der Waals surface area contributed by atoms with Gasteiger partial charge in [-0.2, -0.15) is 11.8 Å². The highest BCUT2D eigenvalue weighted by molar-refractivity contribution is 7.99. The van der Waals surface area contributed by atoms with Crippen molar-refractivity contribution in [2.45, 2.75) is 50.3 Å². The number of hydrogen-bond acceptors (Lipinski definition) is 3. The number of para-hydroxylation sites is 1. The van der Waals surface area contributed by atoms with Crippen molar-refractivity contribution in [1.29, 1.82) is 0 Å². The molecule has 114 valence electrons. The molecule has 0 bridgehead atoms. The molecular formula is C18H25NOS. The molecule has 1 aromatic carbocycles. The molecule has 1 aliphatic rings. The van der Waals surface area contributed by atoms with Crippen molar-refractivity contribution in [3.63, 3.8) is 0 Å². The fraction of sp³-hybridized carbons (Fsp3) is 0.556. The summed E-state index contributed by atoms with van der Waals surface area (Å²) >= 11 is 2.12. The first kappa shape index (κ1) is 15.0. The molecule has 1 fully saturated rings. The quantitative estimate of drug-likeness (QED) is 0.766. The Morgan fingerprint density at radius 1 is 1.29 bits per heavy atom. The van der Waals surface area contributed by atoms with Crippen molar-refractivity contribution in [3.05, 3.63) is 36.1 Å². The van der Waals surface area contributed by atoms with Crippen LogP contribution in [0.15, 0.2) is 34.7 Å². The largest absolute Gasteiger partial charge is 0.459 e. The lowest BCUT2D eigenvalue weighted by Crippen LogP contribution is -2.24. The minimum atomic E-state index is 0.336. The SMILES string of the molecule is CCCNC(CSC1CCCC1)c1cc2ccccc2o1. The molecule has 1 unspecified atom stereocenters. The van der Waals surface area contributed by atoms with Gasteiger partial charge >= 0.3 is 0 Å². The number of hydrogen-bond donors (Lipinski definition) is 1. The molecule has 0 spiro atoms. The van der Waals surface area contributed by atoms with Crippen LogP contribution in [0.5, 0.6) is 0 Å². The van der Waals surface area contributed by atoms with E-state index in [4.69, 9.17) is 4.42 Å². The smallest absolute Gasteiger partial charge is 0.134 e. The molecule has 0 aliphatic heterocycles. The first-order chi connectivity index (χ1) is 10.4. The summed E-state index contributed by atoms with van der Waals surface area (Å²) in [4.78, 5) is 0. The van der Waals surface area contributed by atoms with Crippen LogP contribution in [0, 0.1) is 0 Å². The second-order valence-electron chi connectivity index (χ2n) is 5.93. The monoisotopic (exact) mass is 303 g/mol. The standard InChI is InChI=1S/C18H25NOS/c1-2-11-19-16(13-21-15-8-4-5-9-15)18-12-14-7-3-6-10-17(14)20-18/h3,6-7,10,12,15-16,19H,2,4-5,8-9,11,13H2,1H3. The third-order valence-corrected chi connectivity index (χ3v) is 5.70. The molecule has 1 aliphatic carbocycles. The summed E-state index contributed by atoms with van der Waals surface area (Å²) in [5, 5.41) is 5.73. The molecule has 2 nitrogen and oxygen atoms in total. The molecule has 3 rings (SSSR count). The summed E-state index contributed by atoms with van der Waals surface area (Å²) in [7, 11) is 0. The van der Waals surface area contributed by atoms with Gasteiger partial charge in [-0.1, -0.05) is 38.0 Å². The maximum Gasteiger partial charge on any atom is 0.134 e. The van der Waals surface area contributed by atoms with E-state index in [9.17, 15) is 0 Å². The Bertz CT molecular complexity index is 526. The predicted octanol–water partition coefficient (Wildman–Crippen LogP) is 5.15. The van der Waals surface area contributed by atoms with Gasteiger partial charge in [0.15, 0.2) is 0 Å². The Labute approximate surface area is 131 Å². The van der Waals surface area contributed by atoms with E-state index in [0.29, 0.717) is 6.04 Å². The molecule has 3 heteroatoms. The van der Waals surface area contributed by atoms with Crippen molar-refractivity contribution in [3.8, 4) is 0 Å². The highest BCUT2D eigenvalue weighted by Gasteiger charge is 2.20. The molecule has 1 aromatic heterocycles. The van der Waals surface area contributed by atoms with Crippen molar-refractivity contribution < 1.29 is 4.42 Å². The van der Waals surface area contributed by atoms with Crippen LogP contribution in [0.2, 0.25) is 0 Å². The molecule has 1 heterocycles. The fourth-order valence-electron chi connectivity index (χ4n) is 3.02. The summed E-state index contributed by atoms with van der Waals surface area (Å²) in [5.74, 6) is 2.21. The Morgan fingerprint density at radius 2 is 2.10 bits per heavy atom. The van der Waals surface area contributed by atoms with Crippen LogP contribution in [0.3, 0.4) is 0 Å². The minimum Gasteiger partial charge on any atom is -0.459 e. The van der Waals surface area contributed by atoms with E-state index in [1.807, 2.05) is 6.07 Å². The Morgan fingerprint density at radius 3 is 2.86 bits per heavy atom. The first-order valence-corrected chi connectivity index (χ1v) is 9.25. The third kappa shape index (κ3) is 3.83. The number of furan rings is 1. The molecule has 0 saturated heterocycles. The molecule has 2 aromatic rings. The summed E-state index contributed by atoms with van der Waals surface area (Å²) < 4.78 is 6.07. The van der Waals surface area contributed by atoms with E-state index < -0.39 is 0 Å². The van der Waals surface area contributed by atoms with Crippen LogP contribution in [-0.4, -0.2) is 17.5 Å². The van der Waals surface area contributed by atoms with Gasteiger partial charge in [0, 0.05) is 16.4 Å². The first-order valence-electron chi connectivity index (χ1n) is 8.20. The van der Waals surface area contributed by atoms with Gasteiger partial charge in [-0.25, -0.2) is 0 Å². The maximum atomic E-state index is 6.07.